The molecule has 0 aromatic heterocycles. The Morgan fingerprint density at radius 2 is 2.14 bits per heavy atom. The molecule has 2 nitrogen and oxygen atoms in total. The van der Waals surface area contributed by atoms with E-state index in [0.717, 1.165) is 30.3 Å². The van der Waals surface area contributed by atoms with E-state index in [1.807, 2.05) is 0 Å². The van der Waals surface area contributed by atoms with Gasteiger partial charge in [0.25, 0.3) is 0 Å². The zero-order valence-corrected chi connectivity index (χ0v) is 8.99. The first-order valence-corrected chi connectivity index (χ1v) is 6.32. The van der Waals surface area contributed by atoms with Crippen molar-refractivity contribution in [3.8, 4) is 0 Å². The van der Waals surface area contributed by atoms with Gasteiger partial charge in [-0.15, -0.1) is 0 Å². The van der Waals surface area contributed by atoms with Gasteiger partial charge in [0.15, 0.2) is 0 Å². The van der Waals surface area contributed by atoms with Gasteiger partial charge in [0, 0.05) is 12.6 Å². The number of hydrogen-bond acceptors (Lipinski definition) is 2. The number of likely N-dealkylation sites (tertiary alicyclic amines) is 1. The highest BCUT2D eigenvalue weighted by atomic mass is 15.2. The minimum atomic E-state index is 0.793. The summed E-state index contributed by atoms with van der Waals surface area (Å²) < 4.78 is 0. The third-order valence-corrected chi connectivity index (χ3v) is 4.66. The number of nitrogens with two attached hydrogens (primary N) is 1. The molecule has 1 heterocycles. The van der Waals surface area contributed by atoms with Crippen LogP contribution in [-0.2, 0) is 0 Å². The smallest absolute Gasteiger partial charge is 0.0126 e. The van der Waals surface area contributed by atoms with Crippen molar-refractivity contribution in [1.82, 2.24) is 4.90 Å². The predicted octanol–water partition coefficient (Wildman–Crippen LogP) is 1.46. The van der Waals surface area contributed by atoms with Gasteiger partial charge in [-0.2, -0.15) is 0 Å². The second-order valence-electron chi connectivity index (χ2n) is 5.54. The third-order valence-electron chi connectivity index (χ3n) is 4.66. The molecule has 0 amide bonds. The molecule has 0 aromatic rings. The minimum absolute atomic E-state index is 0.793. The van der Waals surface area contributed by atoms with Gasteiger partial charge in [0.1, 0.15) is 0 Å². The molecule has 1 saturated heterocycles. The van der Waals surface area contributed by atoms with Gasteiger partial charge in [0.05, 0.1) is 0 Å². The zero-order valence-electron chi connectivity index (χ0n) is 8.99. The summed E-state index contributed by atoms with van der Waals surface area (Å²) in [5, 5.41) is 0. The Balaban J connectivity index is 1.61. The van der Waals surface area contributed by atoms with E-state index in [2.05, 4.69) is 4.90 Å². The van der Waals surface area contributed by atoms with Crippen molar-refractivity contribution in [3.05, 3.63) is 0 Å². The number of nitrogens with zero attached hydrogens (tertiary/aromatic N) is 1. The van der Waals surface area contributed by atoms with E-state index in [1.165, 1.54) is 45.2 Å². The van der Waals surface area contributed by atoms with Crippen LogP contribution >= 0.6 is 0 Å². The number of piperidine rings is 1. The summed E-state index contributed by atoms with van der Waals surface area (Å²) in [6.07, 6.45) is 7.28. The quantitative estimate of drug-likeness (QED) is 0.721. The topological polar surface area (TPSA) is 29.3 Å². The summed E-state index contributed by atoms with van der Waals surface area (Å²) in [5.74, 6) is 3.01. The highest BCUT2D eigenvalue weighted by Gasteiger charge is 2.50. The summed E-state index contributed by atoms with van der Waals surface area (Å²) in [6.45, 7) is 3.55. The summed E-state index contributed by atoms with van der Waals surface area (Å²) in [7, 11) is 0. The van der Waals surface area contributed by atoms with Crippen LogP contribution in [0.4, 0.5) is 0 Å². The number of hydrogen-bond donors (Lipinski definition) is 1. The Morgan fingerprint density at radius 3 is 2.79 bits per heavy atom. The molecule has 4 atom stereocenters. The van der Waals surface area contributed by atoms with Crippen LogP contribution in [0.3, 0.4) is 0 Å². The Bertz CT molecular complexity index is 216. The van der Waals surface area contributed by atoms with E-state index in [0.29, 0.717) is 0 Å². The van der Waals surface area contributed by atoms with Crippen LogP contribution < -0.4 is 5.73 Å². The Hall–Kier alpha value is -0.0800. The summed E-state index contributed by atoms with van der Waals surface area (Å²) in [4.78, 5) is 2.76. The molecule has 2 aliphatic carbocycles. The lowest BCUT2D eigenvalue weighted by Crippen LogP contribution is -2.44. The van der Waals surface area contributed by atoms with Crippen molar-refractivity contribution in [2.75, 3.05) is 19.6 Å². The average Bonchev–Trinajstić information content (AvgIpc) is 2.90. The maximum atomic E-state index is 5.78. The minimum Gasteiger partial charge on any atom is -0.330 e. The zero-order chi connectivity index (χ0) is 9.54. The molecule has 14 heavy (non-hydrogen) atoms. The molecular formula is C12H22N2. The summed E-state index contributed by atoms with van der Waals surface area (Å²) in [6, 6.07) is 0.953. The Morgan fingerprint density at radius 1 is 1.21 bits per heavy atom. The van der Waals surface area contributed by atoms with E-state index >= 15 is 0 Å². The first kappa shape index (κ1) is 9.17. The van der Waals surface area contributed by atoms with E-state index in [9.17, 15) is 0 Å². The van der Waals surface area contributed by atoms with Gasteiger partial charge in [-0.25, -0.2) is 0 Å². The largest absolute Gasteiger partial charge is 0.330 e. The normalized spacial score (nSPS) is 47.8. The summed E-state index contributed by atoms with van der Waals surface area (Å²) >= 11 is 0. The fourth-order valence-corrected chi connectivity index (χ4v) is 3.72. The van der Waals surface area contributed by atoms with Gasteiger partial charge in [-0.3, -0.25) is 4.90 Å². The fourth-order valence-electron chi connectivity index (χ4n) is 3.72. The standard InChI is InChI=1S/C12H22N2/c13-7-9-2-1-5-14(8-9)12-4-3-10-6-11(10)12/h9-12H,1-8,13H2. The highest BCUT2D eigenvalue weighted by molar-refractivity contribution is 5.02. The maximum Gasteiger partial charge on any atom is 0.0126 e. The van der Waals surface area contributed by atoms with Crippen molar-refractivity contribution in [1.29, 1.82) is 0 Å². The maximum absolute atomic E-state index is 5.78. The molecule has 0 spiro atoms. The third kappa shape index (κ3) is 1.49. The second-order valence-corrected chi connectivity index (χ2v) is 5.54. The second kappa shape index (κ2) is 3.49. The molecule has 2 saturated carbocycles. The van der Waals surface area contributed by atoms with Crippen LogP contribution in [0.5, 0.6) is 0 Å². The van der Waals surface area contributed by atoms with Crippen LogP contribution in [0.1, 0.15) is 32.1 Å². The lowest BCUT2D eigenvalue weighted by atomic mass is 9.96. The Labute approximate surface area is 86.8 Å². The summed E-state index contributed by atoms with van der Waals surface area (Å²) in [5.41, 5.74) is 5.78. The molecule has 80 valence electrons. The monoisotopic (exact) mass is 194 g/mol. The van der Waals surface area contributed by atoms with Crippen LogP contribution in [0, 0.1) is 17.8 Å². The number of rotatable bonds is 2. The van der Waals surface area contributed by atoms with Crippen LogP contribution in [0.2, 0.25) is 0 Å². The molecule has 0 aromatic carbocycles. The molecule has 2 heteroatoms. The molecule has 2 N–H and O–H groups in total. The van der Waals surface area contributed by atoms with E-state index in [4.69, 9.17) is 5.73 Å². The van der Waals surface area contributed by atoms with Gasteiger partial charge in [-0.05, 0) is 62.9 Å². The van der Waals surface area contributed by atoms with Crippen LogP contribution in [-0.4, -0.2) is 30.6 Å². The van der Waals surface area contributed by atoms with Crippen molar-refractivity contribution >= 4 is 0 Å². The van der Waals surface area contributed by atoms with Gasteiger partial charge < -0.3 is 5.73 Å². The van der Waals surface area contributed by atoms with Gasteiger partial charge in [-0.1, -0.05) is 0 Å². The van der Waals surface area contributed by atoms with E-state index in [-0.39, 0.29) is 0 Å². The van der Waals surface area contributed by atoms with E-state index < -0.39 is 0 Å². The van der Waals surface area contributed by atoms with Crippen molar-refractivity contribution in [2.45, 2.75) is 38.1 Å². The van der Waals surface area contributed by atoms with Crippen molar-refractivity contribution < 1.29 is 0 Å². The molecule has 4 unspecified atom stereocenters. The molecule has 1 aliphatic heterocycles. The fraction of sp³-hybridized carbons (Fsp3) is 1.00. The van der Waals surface area contributed by atoms with Crippen molar-refractivity contribution in [3.63, 3.8) is 0 Å². The van der Waals surface area contributed by atoms with Gasteiger partial charge in [0.2, 0.25) is 0 Å². The lowest BCUT2D eigenvalue weighted by Gasteiger charge is -2.37. The van der Waals surface area contributed by atoms with Crippen LogP contribution in [0.25, 0.3) is 0 Å². The Kier molecular flexibility index (Phi) is 2.29. The molecular weight excluding hydrogens is 172 g/mol. The molecule has 3 fully saturated rings. The predicted molar refractivity (Wildman–Crippen MR) is 58.0 cm³/mol. The van der Waals surface area contributed by atoms with Crippen LogP contribution in [0.15, 0.2) is 0 Å². The SMILES string of the molecule is NCC1CCCN(C2CCC3CC32)C1. The first-order chi connectivity index (χ1) is 6.88. The average molecular weight is 194 g/mol. The first-order valence-electron chi connectivity index (χ1n) is 6.32. The molecule has 3 aliphatic rings. The molecule has 0 radical (unpaired) electrons. The van der Waals surface area contributed by atoms with Gasteiger partial charge >= 0.3 is 0 Å². The van der Waals surface area contributed by atoms with Crippen molar-refractivity contribution in [2.24, 2.45) is 23.5 Å². The van der Waals surface area contributed by atoms with E-state index in [1.54, 1.807) is 0 Å². The highest BCUT2D eigenvalue weighted by Crippen LogP contribution is 2.53. The molecule has 0 bridgehead atoms. The number of fused-ring (bicyclic) bond motifs is 1. The lowest BCUT2D eigenvalue weighted by molar-refractivity contribution is 0.116. The molecule has 3 rings (SSSR count).